The number of nitrogens with zero attached hydrogens (tertiary/aromatic N) is 2. The Balaban J connectivity index is 1.71. The molecule has 1 aliphatic carbocycles. The van der Waals surface area contributed by atoms with Gasteiger partial charge in [-0.25, -0.2) is 17.5 Å². The Hall–Kier alpha value is -1.35. The molecule has 0 radical (unpaired) electrons. The molecule has 2 N–H and O–H groups in total. The number of nitrogens with one attached hydrogen (secondary N) is 1. The van der Waals surface area contributed by atoms with Gasteiger partial charge in [0, 0.05) is 38.1 Å². The third kappa shape index (κ3) is 2.91. The van der Waals surface area contributed by atoms with Crippen LogP contribution in [-0.4, -0.2) is 73.2 Å². The number of urea groups is 1. The molecule has 2 atom stereocenters. The summed E-state index contributed by atoms with van der Waals surface area (Å²) in [4.78, 5) is 25.7. The summed E-state index contributed by atoms with van der Waals surface area (Å²) in [5, 5.41) is 12.6. The molecule has 0 bridgehead atoms. The van der Waals surface area contributed by atoms with Crippen LogP contribution in [0.25, 0.3) is 0 Å². The van der Waals surface area contributed by atoms with E-state index in [1.54, 1.807) is 0 Å². The molecular formula is C14H23N3O5S. The number of carboxylic acid groups (broad SMARTS) is 1. The number of fused-ring (bicyclic) bond motifs is 1. The standard InChI is InChI=1S/C14H23N3O5S/c1-23(21,22)17-7-10-6-16(8-14(10,9-17)12(18)19)13(20)15-11-4-2-3-5-11/h10-11H,2-9H2,1H3,(H,15,20)(H,18,19)/t10-,14-/m0/s1. The number of aliphatic carboxylic acids is 1. The Morgan fingerprint density at radius 3 is 2.35 bits per heavy atom. The van der Waals surface area contributed by atoms with Gasteiger partial charge in [-0.2, -0.15) is 0 Å². The second-order valence-electron chi connectivity index (χ2n) is 7.03. The third-order valence-electron chi connectivity index (χ3n) is 5.44. The molecule has 0 unspecified atom stereocenters. The summed E-state index contributed by atoms with van der Waals surface area (Å²) in [6.07, 6.45) is 5.24. The van der Waals surface area contributed by atoms with Crippen LogP contribution in [0.5, 0.6) is 0 Å². The fourth-order valence-electron chi connectivity index (χ4n) is 4.06. The van der Waals surface area contributed by atoms with Crippen molar-refractivity contribution in [3.63, 3.8) is 0 Å². The highest BCUT2D eigenvalue weighted by Gasteiger charge is 2.60. The summed E-state index contributed by atoms with van der Waals surface area (Å²) in [5.74, 6) is -1.38. The molecule has 2 heterocycles. The Morgan fingerprint density at radius 1 is 1.17 bits per heavy atom. The minimum absolute atomic E-state index is 0.0565. The monoisotopic (exact) mass is 345 g/mol. The lowest BCUT2D eigenvalue weighted by molar-refractivity contribution is -0.148. The molecule has 0 spiro atoms. The van der Waals surface area contributed by atoms with Crippen LogP contribution in [0.3, 0.4) is 0 Å². The van der Waals surface area contributed by atoms with Gasteiger partial charge in [0.1, 0.15) is 5.41 Å². The molecule has 0 aromatic carbocycles. The van der Waals surface area contributed by atoms with Gasteiger partial charge in [-0.15, -0.1) is 0 Å². The highest BCUT2D eigenvalue weighted by Crippen LogP contribution is 2.43. The van der Waals surface area contributed by atoms with Crippen molar-refractivity contribution in [3.8, 4) is 0 Å². The Morgan fingerprint density at radius 2 is 1.83 bits per heavy atom. The van der Waals surface area contributed by atoms with E-state index in [0.29, 0.717) is 0 Å². The van der Waals surface area contributed by atoms with Crippen molar-refractivity contribution in [2.75, 3.05) is 32.4 Å². The molecule has 0 aromatic heterocycles. The topological polar surface area (TPSA) is 107 Å². The number of sulfonamides is 1. The number of hydrogen-bond donors (Lipinski definition) is 2. The van der Waals surface area contributed by atoms with Crippen LogP contribution < -0.4 is 5.32 Å². The third-order valence-corrected chi connectivity index (χ3v) is 6.66. The summed E-state index contributed by atoms with van der Waals surface area (Å²) in [5.41, 5.74) is -1.18. The fourth-order valence-corrected chi connectivity index (χ4v) is 4.98. The van der Waals surface area contributed by atoms with Gasteiger partial charge in [0.15, 0.2) is 0 Å². The van der Waals surface area contributed by atoms with Gasteiger partial charge in [0.05, 0.1) is 6.26 Å². The molecule has 3 rings (SSSR count). The minimum Gasteiger partial charge on any atom is -0.481 e. The van der Waals surface area contributed by atoms with E-state index in [4.69, 9.17) is 0 Å². The zero-order chi connectivity index (χ0) is 16.8. The molecule has 2 aliphatic heterocycles. The van der Waals surface area contributed by atoms with Gasteiger partial charge >= 0.3 is 12.0 Å². The summed E-state index contributed by atoms with van der Waals surface area (Å²) >= 11 is 0. The van der Waals surface area contributed by atoms with Crippen LogP contribution in [0.1, 0.15) is 25.7 Å². The van der Waals surface area contributed by atoms with E-state index >= 15 is 0 Å². The maximum Gasteiger partial charge on any atom is 0.317 e. The van der Waals surface area contributed by atoms with Crippen LogP contribution in [0.15, 0.2) is 0 Å². The molecule has 23 heavy (non-hydrogen) atoms. The number of carboxylic acids is 1. The average molecular weight is 345 g/mol. The maximum absolute atomic E-state index is 12.4. The van der Waals surface area contributed by atoms with Crippen molar-refractivity contribution < 1.29 is 23.1 Å². The lowest BCUT2D eigenvalue weighted by atomic mass is 9.81. The van der Waals surface area contributed by atoms with E-state index in [1.165, 1.54) is 9.21 Å². The van der Waals surface area contributed by atoms with Crippen LogP contribution in [0.4, 0.5) is 4.79 Å². The summed E-state index contributed by atoms with van der Waals surface area (Å²) in [6.45, 7) is 0.464. The fraction of sp³-hybridized carbons (Fsp3) is 0.857. The lowest BCUT2D eigenvalue weighted by Gasteiger charge is -2.25. The van der Waals surface area contributed by atoms with E-state index in [1.807, 2.05) is 0 Å². The summed E-state index contributed by atoms with van der Waals surface area (Å²) in [7, 11) is -3.42. The van der Waals surface area contributed by atoms with E-state index < -0.39 is 21.4 Å². The predicted octanol–water partition coefficient (Wildman–Crippen LogP) is -0.0834. The predicted molar refractivity (Wildman–Crippen MR) is 82.3 cm³/mol. The van der Waals surface area contributed by atoms with E-state index in [9.17, 15) is 23.1 Å². The number of hydrogen-bond acceptors (Lipinski definition) is 4. The van der Waals surface area contributed by atoms with Crippen molar-refractivity contribution in [1.29, 1.82) is 0 Å². The van der Waals surface area contributed by atoms with Crippen LogP contribution in [-0.2, 0) is 14.8 Å². The molecule has 2 amide bonds. The second kappa shape index (κ2) is 5.62. The number of likely N-dealkylation sites (tertiary alicyclic amines) is 1. The van der Waals surface area contributed by atoms with Crippen molar-refractivity contribution >= 4 is 22.0 Å². The summed E-state index contributed by atoms with van der Waals surface area (Å²) in [6, 6.07) is -0.0472. The molecule has 1 saturated carbocycles. The normalized spacial score (nSPS) is 32.2. The van der Waals surface area contributed by atoms with Gasteiger partial charge in [0.25, 0.3) is 0 Å². The molecule has 9 heteroatoms. The Kier molecular flexibility index (Phi) is 4.04. The van der Waals surface area contributed by atoms with E-state index in [-0.39, 0.29) is 44.2 Å². The quantitative estimate of drug-likeness (QED) is 0.744. The van der Waals surface area contributed by atoms with Gasteiger partial charge in [-0.3, -0.25) is 4.79 Å². The highest BCUT2D eigenvalue weighted by molar-refractivity contribution is 7.88. The smallest absolute Gasteiger partial charge is 0.317 e. The Bertz CT molecular complexity index is 616. The summed E-state index contributed by atoms with van der Waals surface area (Å²) < 4.78 is 24.7. The van der Waals surface area contributed by atoms with E-state index in [2.05, 4.69) is 5.32 Å². The van der Waals surface area contributed by atoms with Gasteiger partial charge < -0.3 is 15.3 Å². The molecule has 2 saturated heterocycles. The van der Waals surface area contributed by atoms with Gasteiger partial charge in [-0.1, -0.05) is 12.8 Å². The molecule has 8 nitrogen and oxygen atoms in total. The number of carbonyl (C=O) groups is 2. The number of rotatable bonds is 3. The molecular weight excluding hydrogens is 322 g/mol. The van der Waals surface area contributed by atoms with E-state index in [0.717, 1.165) is 31.9 Å². The van der Waals surface area contributed by atoms with Crippen LogP contribution in [0, 0.1) is 11.3 Å². The molecule has 130 valence electrons. The second-order valence-corrected chi connectivity index (χ2v) is 9.01. The molecule has 3 fully saturated rings. The van der Waals surface area contributed by atoms with Crippen molar-refractivity contribution in [3.05, 3.63) is 0 Å². The number of amides is 2. The van der Waals surface area contributed by atoms with Crippen molar-refractivity contribution in [2.45, 2.75) is 31.7 Å². The largest absolute Gasteiger partial charge is 0.481 e. The first-order valence-corrected chi connectivity index (χ1v) is 9.81. The van der Waals surface area contributed by atoms with Crippen LogP contribution in [0.2, 0.25) is 0 Å². The van der Waals surface area contributed by atoms with Gasteiger partial charge in [-0.05, 0) is 12.8 Å². The first-order chi connectivity index (χ1) is 10.7. The maximum atomic E-state index is 12.4. The van der Waals surface area contributed by atoms with Crippen molar-refractivity contribution in [1.82, 2.24) is 14.5 Å². The first kappa shape index (κ1) is 16.5. The zero-order valence-corrected chi connectivity index (χ0v) is 14.0. The number of carbonyl (C=O) groups excluding carboxylic acids is 1. The SMILES string of the molecule is CS(=O)(=O)N1C[C@@H]2CN(C(=O)NC3CCCC3)C[C@]2(C(=O)O)C1. The first-order valence-electron chi connectivity index (χ1n) is 7.96. The highest BCUT2D eigenvalue weighted by atomic mass is 32.2. The average Bonchev–Trinajstić information content (AvgIpc) is 3.09. The molecule has 3 aliphatic rings. The van der Waals surface area contributed by atoms with Crippen LogP contribution >= 0.6 is 0 Å². The molecule has 0 aromatic rings. The Labute approximate surface area is 135 Å². The zero-order valence-electron chi connectivity index (χ0n) is 13.2. The minimum atomic E-state index is -3.42. The lowest BCUT2D eigenvalue weighted by Crippen LogP contribution is -2.47. The van der Waals surface area contributed by atoms with Crippen molar-refractivity contribution in [2.24, 2.45) is 11.3 Å². The van der Waals surface area contributed by atoms with Gasteiger partial charge in [0.2, 0.25) is 10.0 Å².